The third-order valence-electron chi connectivity index (χ3n) is 3.89. The van der Waals surface area contributed by atoms with Gasteiger partial charge in [0.15, 0.2) is 15.9 Å². The van der Waals surface area contributed by atoms with Crippen molar-refractivity contribution in [3.63, 3.8) is 0 Å². The highest BCUT2D eigenvalue weighted by Gasteiger charge is 2.34. The molecule has 0 unspecified atom stereocenters. The van der Waals surface area contributed by atoms with Crippen molar-refractivity contribution >= 4 is 39.1 Å². The van der Waals surface area contributed by atoms with E-state index in [1.165, 1.54) is 17.9 Å². The van der Waals surface area contributed by atoms with Gasteiger partial charge in [0.1, 0.15) is 0 Å². The summed E-state index contributed by atoms with van der Waals surface area (Å²) >= 11 is 1.55. The Morgan fingerprint density at radius 2 is 2.12 bits per heavy atom. The minimum absolute atomic E-state index is 0.0342. The van der Waals surface area contributed by atoms with E-state index in [0.717, 1.165) is 9.75 Å². The minimum Gasteiger partial charge on any atom is -0.449 e. The molecule has 1 aromatic rings. The van der Waals surface area contributed by atoms with Crippen molar-refractivity contribution in [2.45, 2.75) is 32.4 Å². The van der Waals surface area contributed by atoms with Crippen LogP contribution in [0.15, 0.2) is 18.2 Å². The first-order valence-electron chi connectivity index (χ1n) is 7.60. The van der Waals surface area contributed by atoms with Crippen LogP contribution in [0.3, 0.4) is 0 Å². The van der Waals surface area contributed by atoms with E-state index in [-0.39, 0.29) is 17.5 Å². The zero-order chi connectivity index (χ0) is 17.9. The zero-order valence-corrected chi connectivity index (χ0v) is 15.5. The van der Waals surface area contributed by atoms with Crippen LogP contribution in [0.2, 0.25) is 0 Å². The van der Waals surface area contributed by atoms with Gasteiger partial charge in [0, 0.05) is 28.9 Å². The number of carbonyl (C=O) groups excluding carboxylic acids is 2. The number of aryl methyl sites for hydroxylation is 1. The first-order valence-corrected chi connectivity index (χ1v) is 10.2. The predicted octanol–water partition coefficient (Wildman–Crippen LogP) is 1.65. The SMILES string of the molecule is Cc1ccc(/C=C/C(=O)O[C@@H](C)C(=O)N(C)[C@@H]2CCS(=O)(=O)C2)s1. The highest BCUT2D eigenvalue weighted by Crippen LogP contribution is 2.18. The number of likely N-dealkylation sites (N-methyl/N-ethyl adjacent to an activating group) is 1. The maximum absolute atomic E-state index is 12.3. The van der Waals surface area contributed by atoms with Crippen LogP contribution in [-0.4, -0.2) is 55.9 Å². The maximum atomic E-state index is 12.3. The van der Waals surface area contributed by atoms with Crippen LogP contribution in [-0.2, 0) is 24.2 Å². The molecule has 8 heteroatoms. The third-order valence-corrected chi connectivity index (χ3v) is 6.61. The van der Waals surface area contributed by atoms with E-state index in [2.05, 4.69) is 0 Å². The fourth-order valence-electron chi connectivity index (χ4n) is 2.50. The summed E-state index contributed by atoms with van der Waals surface area (Å²) < 4.78 is 28.1. The number of thiophene rings is 1. The monoisotopic (exact) mass is 371 g/mol. The van der Waals surface area contributed by atoms with Crippen molar-refractivity contribution in [3.8, 4) is 0 Å². The molecule has 1 amide bonds. The van der Waals surface area contributed by atoms with E-state index in [9.17, 15) is 18.0 Å². The molecule has 6 nitrogen and oxygen atoms in total. The minimum atomic E-state index is -3.07. The molecule has 1 aliphatic heterocycles. The molecular weight excluding hydrogens is 350 g/mol. The lowest BCUT2D eigenvalue weighted by Crippen LogP contribution is -2.44. The first kappa shape index (κ1) is 18.7. The molecular formula is C16H21NO5S2. The summed E-state index contributed by atoms with van der Waals surface area (Å²) in [5.74, 6) is -0.944. The van der Waals surface area contributed by atoms with Gasteiger partial charge < -0.3 is 9.64 Å². The predicted molar refractivity (Wildman–Crippen MR) is 93.5 cm³/mol. The number of esters is 1. The Morgan fingerprint density at radius 1 is 1.42 bits per heavy atom. The largest absolute Gasteiger partial charge is 0.449 e. The quantitative estimate of drug-likeness (QED) is 0.581. The van der Waals surface area contributed by atoms with Gasteiger partial charge in [-0.05, 0) is 38.5 Å². The van der Waals surface area contributed by atoms with Crippen molar-refractivity contribution in [3.05, 3.63) is 28.0 Å². The van der Waals surface area contributed by atoms with Crippen molar-refractivity contribution in [1.29, 1.82) is 0 Å². The first-order chi connectivity index (χ1) is 11.2. The molecule has 2 heterocycles. The lowest BCUT2D eigenvalue weighted by Gasteiger charge is -2.26. The molecule has 24 heavy (non-hydrogen) atoms. The molecule has 1 aromatic heterocycles. The summed E-state index contributed by atoms with van der Waals surface area (Å²) in [4.78, 5) is 27.5. The van der Waals surface area contributed by atoms with Gasteiger partial charge in [-0.2, -0.15) is 0 Å². The number of nitrogens with zero attached hydrogens (tertiary/aromatic N) is 1. The molecule has 0 saturated carbocycles. The summed E-state index contributed by atoms with van der Waals surface area (Å²) in [6.07, 6.45) is 2.39. The summed E-state index contributed by atoms with van der Waals surface area (Å²) in [5.41, 5.74) is 0. The van der Waals surface area contributed by atoms with Crippen molar-refractivity contribution in [1.82, 2.24) is 4.90 Å². The summed E-state index contributed by atoms with van der Waals surface area (Å²) in [7, 11) is -1.53. The molecule has 0 N–H and O–H groups in total. The Morgan fingerprint density at radius 3 is 2.67 bits per heavy atom. The van der Waals surface area contributed by atoms with E-state index in [1.807, 2.05) is 19.1 Å². The Kier molecular flexibility index (Phi) is 5.82. The number of amides is 1. The third kappa shape index (κ3) is 4.91. The van der Waals surface area contributed by atoms with Crippen LogP contribution >= 0.6 is 11.3 Å². The van der Waals surface area contributed by atoms with Crippen LogP contribution in [0.5, 0.6) is 0 Å². The Balaban J connectivity index is 1.88. The lowest BCUT2D eigenvalue weighted by atomic mass is 10.2. The van der Waals surface area contributed by atoms with Crippen molar-refractivity contribution < 1.29 is 22.7 Å². The average Bonchev–Trinajstić information content (AvgIpc) is 3.08. The van der Waals surface area contributed by atoms with Gasteiger partial charge in [-0.3, -0.25) is 4.79 Å². The fourth-order valence-corrected chi connectivity index (χ4v) is 5.06. The van der Waals surface area contributed by atoms with Gasteiger partial charge in [0.05, 0.1) is 11.5 Å². The van der Waals surface area contributed by atoms with Crippen LogP contribution in [0.1, 0.15) is 23.1 Å². The standard InChI is InChI=1S/C16H21NO5S2/c1-11-4-5-14(23-11)6-7-15(18)22-12(2)16(19)17(3)13-8-9-24(20,21)10-13/h4-7,12-13H,8-10H2,1-3H3/b7-6+/t12-,13+/m0/s1. The molecule has 0 bridgehead atoms. The average molecular weight is 371 g/mol. The highest BCUT2D eigenvalue weighted by atomic mass is 32.2. The zero-order valence-electron chi connectivity index (χ0n) is 13.9. The van der Waals surface area contributed by atoms with Crippen LogP contribution in [0.25, 0.3) is 6.08 Å². The Bertz CT molecular complexity index is 750. The van der Waals surface area contributed by atoms with E-state index in [4.69, 9.17) is 4.74 Å². The topological polar surface area (TPSA) is 80.8 Å². The van der Waals surface area contributed by atoms with Gasteiger partial charge in [-0.25, -0.2) is 13.2 Å². The van der Waals surface area contributed by atoms with Gasteiger partial charge >= 0.3 is 5.97 Å². The molecule has 0 aromatic carbocycles. The summed E-state index contributed by atoms with van der Waals surface area (Å²) in [6, 6.07) is 3.49. The van der Waals surface area contributed by atoms with Crippen LogP contribution < -0.4 is 0 Å². The maximum Gasteiger partial charge on any atom is 0.331 e. The summed E-state index contributed by atoms with van der Waals surface area (Å²) in [5, 5.41) is 0. The number of hydrogen-bond donors (Lipinski definition) is 0. The normalized spacial score (nSPS) is 20.9. The van der Waals surface area contributed by atoms with Gasteiger partial charge in [-0.15, -0.1) is 11.3 Å². The second-order valence-electron chi connectivity index (χ2n) is 5.87. The molecule has 132 valence electrons. The van der Waals surface area contributed by atoms with Gasteiger partial charge in [0.25, 0.3) is 5.91 Å². The van der Waals surface area contributed by atoms with E-state index >= 15 is 0 Å². The Hall–Kier alpha value is -1.67. The van der Waals surface area contributed by atoms with Gasteiger partial charge in [0.2, 0.25) is 0 Å². The molecule has 1 aliphatic rings. The number of ether oxygens (including phenoxy) is 1. The Labute approximate surface area is 146 Å². The number of hydrogen-bond acceptors (Lipinski definition) is 6. The van der Waals surface area contributed by atoms with Crippen LogP contribution in [0.4, 0.5) is 0 Å². The molecule has 2 atom stereocenters. The lowest BCUT2D eigenvalue weighted by molar-refractivity contribution is -0.155. The number of rotatable bonds is 5. The molecule has 0 radical (unpaired) electrons. The number of sulfone groups is 1. The van der Waals surface area contributed by atoms with E-state index in [0.29, 0.717) is 6.42 Å². The van der Waals surface area contributed by atoms with E-state index in [1.54, 1.807) is 24.5 Å². The smallest absolute Gasteiger partial charge is 0.331 e. The molecule has 2 rings (SSSR count). The molecule has 1 fully saturated rings. The number of carbonyl (C=O) groups is 2. The highest BCUT2D eigenvalue weighted by molar-refractivity contribution is 7.91. The molecule has 0 spiro atoms. The van der Waals surface area contributed by atoms with E-state index < -0.39 is 27.8 Å². The summed E-state index contributed by atoms with van der Waals surface area (Å²) in [6.45, 7) is 3.46. The van der Waals surface area contributed by atoms with Crippen molar-refractivity contribution in [2.75, 3.05) is 18.6 Å². The second kappa shape index (κ2) is 7.48. The molecule has 1 saturated heterocycles. The van der Waals surface area contributed by atoms with Crippen molar-refractivity contribution in [2.24, 2.45) is 0 Å². The fraction of sp³-hybridized carbons (Fsp3) is 0.500. The molecule has 0 aliphatic carbocycles. The van der Waals surface area contributed by atoms with Gasteiger partial charge in [-0.1, -0.05) is 0 Å². The second-order valence-corrected chi connectivity index (χ2v) is 9.42. The van der Waals surface area contributed by atoms with Crippen LogP contribution in [0, 0.1) is 6.92 Å².